The number of piperazine rings is 1. The second-order valence-electron chi connectivity index (χ2n) is 5.15. The number of carbonyl (C=O) groups is 1. The number of Topliss-reactive ketones (excluding diaryl/α,β-unsaturated/α-hetero) is 1. The average molecular weight is 246 g/mol. The first kappa shape index (κ1) is 13.2. The Balaban J connectivity index is 1.81. The van der Waals surface area contributed by atoms with E-state index in [1.54, 1.807) is 6.92 Å². The van der Waals surface area contributed by atoms with Gasteiger partial charge < -0.3 is 9.80 Å². The Bertz CT molecular complexity index is 391. The van der Waals surface area contributed by atoms with Crippen LogP contribution in [-0.4, -0.2) is 55.4 Å². The van der Waals surface area contributed by atoms with E-state index in [1.165, 1.54) is 31.7 Å². The summed E-state index contributed by atoms with van der Waals surface area (Å²) in [6.45, 7) is 7.41. The van der Waals surface area contributed by atoms with Crippen molar-refractivity contribution in [3.63, 3.8) is 0 Å². The minimum absolute atomic E-state index is 0.139. The lowest BCUT2D eigenvalue weighted by Crippen LogP contribution is -2.45. The lowest BCUT2D eigenvalue weighted by atomic mass is 10.1. The van der Waals surface area contributed by atoms with E-state index < -0.39 is 0 Å². The molecule has 0 N–H and O–H groups in total. The number of ketones is 1. The van der Waals surface area contributed by atoms with E-state index in [4.69, 9.17) is 0 Å². The molecule has 3 nitrogen and oxygen atoms in total. The molecule has 1 aliphatic rings. The maximum atomic E-state index is 11.2. The Kier molecular flexibility index (Phi) is 4.50. The molecule has 1 aliphatic heterocycles. The number of hydrogen-bond donors (Lipinski definition) is 0. The molecule has 98 valence electrons. The molecule has 0 aromatic heterocycles. The van der Waals surface area contributed by atoms with Gasteiger partial charge in [-0.15, -0.1) is 0 Å². The maximum Gasteiger partial charge on any atom is 0.159 e. The molecular formula is C15H22N2O. The van der Waals surface area contributed by atoms with Gasteiger partial charge in [-0.25, -0.2) is 0 Å². The van der Waals surface area contributed by atoms with E-state index in [0.717, 1.165) is 18.5 Å². The fraction of sp³-hybridized carbons (Fsp3) is 0.533. The standard InChI is InChI=1S/C15H22N2O/c1-13(18)15-5-3-14(4-6-15)7-8-17-11-9-16(2)10-12-17/h3-6H,7-12H2,1-2H3. The quantitative estimate of drug-likeness (QED) is 0.755. The second-order valence-corrected chi connectivity index (χ2v) is 5.15. The van der Waals surface area contributed by atoms with Gasteiger partial charge in [-0.3, -0.25) is 4.79 Å². The molecule has 1 fully saturated rings. The van der Waals surface area contributed by atoms with Crippen LogP contribution in [0.15, 0.2) is 24.3 Å². The molecule has 18 heavy (non-hydrogen) atoms. The summed E-state index contributed by atoms with van der Waals surface area (Å²) in [6, 6.07) is 8.02. The summed E-state index contributed by atoms with van der Waals surface area (Å²) in [4.78, 5) is 16.1. The molecule has 0 spiro atoms. The monoisotopic (exact) mass is 246 g/mol. The molecule has 0 unspecified atom stereocenters. The van der Waals surface area contributed by atoms with Crippen molar-refractivity contribution in [1.29, 1.82) is 0 Å². The van der Waals surface area contributed by atoms with Gasteiger partial charge in [-0.1, -0.05) is 24.3 Å². The van der Waals surface area contributed by atoms with Crippen LogP contribution in [0, 0.1) is 0 Å². The van der Waals surface area contributed by atoms with Crippen molar-refractivity contribution in [3.8, 4) is 0 Å². The molecule has 0 atom stereocenters. The fourth-order valence-corrected chi connectivity index (χ4v) is 2.26. The number of rotatable bonds is 4. The second kappa shape index (κ2) is 6.12. The normalized spacial score (nSPS) is 17.9. The van der Waals surface area contributed by atoms with E-state index in [-0.39, 0.29) is 5.78 Å². The molecule has 0 aliphatic carbocycles. The Labute approximate surface area is 109 Å². The van der Waals surface area contributed by atoms with Gasteiger partial charge in [0, 0.05) is 38.3 Å². The third-order valence-electron chi connectivity index (χ3n) is 3.67. The largest absolute Gasteiger partial charge is 0.304 e. The zero-order valence-corrected chi connectivity index (χ0v) is 11.4. The van der Waals surface area contributed by atoms with Gasteiger partial charge in [-0.05, 0) is 26.0 Å². The number of carbonyl (C=O) groups excluding carboxylic acids is 1. The number of likely N-dealkylation sites (N-methyl/N-ethyl adjacent to an activating group) is 1. The summed E-state index contributed by atoms with van der Waals surface area (Å²) in [5, 5.41) is 0. The average Bonchev–Trinajstić information content (AvgIpc) is 2.38. The first-order valence-electron chi connectivity index (χ1n) is 6.66. The molecule has 2 rings (SSSR count). The lowest BCUT2D eigenvalue weighted by molar-refractivity contribution is 0.101. The first-order valence-corrected chi connectivity index (χ1v) is 6.66. The number of benzene rings is 1. The number of nitrogens with zero attached hydrogens (tertiary/aromatic N) is 2. The minimum Gasteiger partial charge on any atom is -0.304 e. The molecule has 1 aromatic carbocycles. The lowest BCUT2D eigenvalue weighted by Gasteiger charge is -2.32. The highest BCUT2D eigenvalue weighted by molar-refractivity contribution is 5.93. The van der Waals surface area contributed by atoms with Crippen LogP contribution in [-0.2, 0) is 6.42 Å². The van der Waals surface area contributed by atoms with Crippen molar-refractivity contribution in [1.82, 2.24) is 9.80 Å². The summed E-state index contributed by atoms with van der Waals surface area (Å²) in [5.74, 6) is 0.139. The Hall–Kier alpha value is -1.19. The van der Waals surface area contributed by atoms with Crippen LogP contribution in [0.5, 0.6) is 0 Å². The molecule has 1 heterocycles. The molecular weight excluding hydrogens is 224 g/mol. The van der Waals surface area contributed by atoms with Crippen molar-refractivity contribution < 1.29 is 4.79 Å². The molecule has 0 radical (unpaired) electrons. The van der Waals surface area contributed by atoms with Crippen molar-refractivity contribution in [2.45, 2.75) is 13.3 Å². The van der Waals surface area contributed by atoms with Gasteiger partial charge in [0.2, 0.25) is 0 Å². The molecule has 0 bridgehead atoms. The van der Waals surface area contributed by atoms with Gasteiger partial charge in [0.25, 0.3) is 0 Å². The van der Waals surface area contributed by atoms with Gasteiger partial charge >= 0.3 is 0 Å². The number of hydrogen-bond acceptors (Lipinski definition) is 3. The molecule has 0 amide bonds. The minimum atomic E-state index is 0.139. The Morgan fingerprint density at radius 3 is 2.28 bits per heavy atom. The van der Waals surface area contributed by atoms with E-state index in [2.05, 4.69) is 29.0 Å². The predicted molar refractivity (Wildman–Crippen MR) is 74.1 cm³/mol. The van der Waals surface area contributed by atoms with Crippen LogP contribution in [0.25, 0.3) is 0 Å². The molecule has 1 aromatic rings. The van der Waals surface area contributed by atoms with E-state index in [1.807, 2.05) is 12.1 Å². The summed E-state index contributed by atoms with van der Waals surface area (Å²) in [6.07, 6.45) is 1.07. The highest BCUT2D eigenvalue weighted by Crippen LogP contribution is 2.07. The fourth-order valence-electron chi connectivity index (χ4n) is 2.26. The topological polar surface area (TPSA) is 23.6 Å². The van der Waals surface area contributed by atoms with Gasteiger partial charge in [0.1, 0.15) is 0 Å². The van der Waals surface area contributed by atoms with Crippen molar-refractivity contribution in [3.05, 3.63) is 35.4 Å². The Morgan fingerprint density at radius 2 is 1.72 bits per heavy atom. The highest BCUT2D eigenvalue weighted by Gasteiger charge is 2.13. The van der Waals surface area contributed by atoms with E-state index in [0.29, 0.717) is 0 Å². The summed E-state index contributed by atoms with van der Waals surface area (Å²) in [7, 11) is 2.18. The van der Waals surface area contributed by atoms with Crippen LogP contribution < -0.4 is 0 Å². The van der Waals surface area contributed by atoms with Crippen molar-refractivity contribution >= 4 is 5.78 Å². The zero-order valence-electron chi connectivity index (χ0n) is 11.4. The zero-order chi connectivity index (χ0) is 13.0. The first-order chi connectivity index (χ1) is 8.65. The van der Waals surface area contributed by atoms with E-state index in [9.17, 15) is 4.79 Å². The van der Waals surface area contributed by atoms with Crippen LogP contribution >= 0.6 is 0 Å². The predicted octanol–water partition coefficient (Wildman–Crippen LogP) is 1.68. The SMILES string of the molecule is CC(=O)c1ccc(CCN2CCN(C)CC2)cc1. The van der Waals surface area contributed by atoms with Gasteiger partial charge in [-0.2, -0.15) is 0 Å². The van der Waals surface area contributed by atoms with Crippen LogP contribution in [0.3, 0.4) is 0 Å². The van der Waals surface area contributed by atoms with Crippen LogP contribution in [0.2, 0.25) is 0 Å². The van der Waals surface area contributed by atoms with Crippen molar-refractivity contribution in [2.24, 2.45) is 0 Å². The van der Waals surface area contributed by atoms with Crippen LogP contribution in [0.4, 0.5) is 0 Å². The van der Waals surface area contributed by atoms with E-state index >= 15 is 0 Å². The summed E-state index contributed by atoms with van der Waals surface area (Å²) in [5.41, 5.74) is 2.12. The van der Waals surface area contributed by atoms with Crippen LogP contribution in [0.1, 0.15) is 22.8 Å². The third kappa shape index (κ3) is 3.65. The Morgan fingerprint density at radius 1 is 1.11 bits per heavy atom. The highest BCUT2D eigenvalue weighted by atomic mass is 16.1. The molecule has 0 saturated carbocycles. The van der Waals surface area contributed by atoms with Crippen molar-refractivity contribution in [2.75, 3.05) is 39.8 Å². The van der Waals surface area contributed by atoms with Gasteiger partial charge in [0.05, 0.1) is 0 Å². The third-order valence-corrected chi connectivity index (χ3v) is 3.67. The molecule has 1 saturated heterocycles. The summed E-state index contributed by atoms with van der Waals surface area (Å²) < 4.78 is 0. The van der Waals surface area contributed by atoms with Gasteiger partial charge in [0.15, 0.2) is 5.78 Å². The maximum absolute atomic E-state index is 11.2. The molecule has 3 heteroatoms. The summed E-state index contributed by atoms with van der Waals surface area (Å²) >= 11 is 0. The smallest absolute Gasteiger partial charge is 0.159 e.